The highest BCUT2D eigenvalue weighted by Crippen LogP contribution is 2.19. The Balaban J connectivity index is 2.14. The zero-order valence-corrected chi connectivity index (χ0v) is 9.51. The first-order valence-corrected chi connectivity index (χ1v) is 5.35. The van der Waals surface area contributed by atoms with Crippen molar-refractivity contribution in [3.63, 3.8) is 0 Å². The molecule has 1 unspecified atom stereocenters. The number of hydrogen-bond acceptors (Lipinski definition) is 3. The molecule has 0 amide bonds. The fourth-order valence-electron chi connectivity index (χ4n) is 1.57. The second-order valence-corrected chi connectivity index (χ2v) is 3.81. The minimum Gasteiger partial charge on any atom is -0.377 e. The summed E-state index contributed by atoms with van der Waals surface area (Å²) in [6.07, 6.45) is 5.46. The van der Waals surface area contributed by atoms with Gasteiger partial charge in [0, 0.05) is 24.3 Å². The number of aromatic nitrogens is 2. The molecular formula is C13H15N3. The van der Waals surface area contributed by atoms with Gasteiger partial charge in [-0.25, -0.2) is 0 Å². The summed E-state index contributed by atoms with van der Waals surface area (Å²) in [6.45, 7) is 4.14. The van der Waals surface area contributed by atoms with Gasteiger partial charge in [0.25, 0.3) is 0 Å². The fourth-order valence-corrected chi connectivity index (χ4v) is 1.57. The van der Waals surface area contributed by atoms with E-state index < -0.39 is 0 Å². The maximum Gasteiger partial charge on any atom is 0.0657 e. The molecule has 2 aromatic rings. The van der Waals surface area contributed by atoms with E-state index in [0.29, 0.717) is 0 Å². The summed E-state index contributed by atoms with van der Waals surface area (Å²) in [7, 11) is 0. The molecule has 0 aliphatic carbocycles. The van der Waals surface area contributed by atoms with Crippen LogP contribution in [0.1, 0.15) is 24.2 Å². The molecule has 0 fully saturated rings. The lowest BCUT2D eigenvalue weighted by molar-refractivity contribution is 0.837. The van der Waals surface area contributed by atoms with Gasteiger partial charge in [0.05, 0.1) is 11.7 Å². The van der Waals surface area contributed by atoms with E-state index in [0.717, 1.165) is 16.9 Å². The molecule has 82 valence electrons. The molecule has 0 radical (unpaired) electrons. The predicted molar refractivity (Wildman–Crippen MR) is 65.2 cm³/mol. The Bertz CT molecular complexity index is 454. The summed E-state index contributed by atoms with van der Waals surface area (Å²) in [5.41, 5.74) is 3.29. The van der Waals surface area contributed by atoms with Gasteiger partial charge in [-0.1, -0.05) is 6.07 Å². The molecule has 0 saturated carbocycles. The van der Waals surface area contributed by atoms with E-state index in [2.05, 4.69) is 22.2 Å². The smallest absolute Gasteiger partial charge is 0.0657 e. The number of aryl methyl sites for hydroxylation is 1. The molecule has 1 N–H and O–H groups in total. The highest BCUT2D eigenvalue weighted by Gasteiger charge is 2.06. The van der Waals surface area contributed by atoms with Crippen LogP contribution in [-0.4, -0.2) is 9.97 Å². The van der Waals surface area contributed by atoms with E-state index in [9.17, 15) is 0 Å². The van der Waals surface area contributed by atoms with Crippen LogP contribution < -0.4 is 5.32 Å². The molecule has 2 heterocycles. The highest BCUT2D eigenvalue weighted by atomic mass is 14.9. The molecule has 2 rings (SSSR count). The Morgan fingerprint density at radius 1 is 1.19 bits per heavy atom. The van der Waals surface area contributed by atoms with Crippen molar-refractivity contribution in [2.24, 2.45) is 0 Å². The van der Waals surface area contributed by atoms with Crippen LogP contribution >= 0.6 is 0 Å². The van der Waals surface area contributed by atoms with Gasteiger partial charge in [0.2, 0.25) is 0 Å². The molecule has 3 heteroatoms. The Morgan fingerprint density at radius 2 is 2.06 bits per heavy atom. The zero-order valence-electron chi connectivity index (χ0n) is 9.51. The second-order valence-electron chi connectivity index (χ2n) is 3.81. The molecule has 16 heavy (non-hydrogen) atoms. The average molecular weight is 213 g/mol. The third kappa shape index (κ3) is 2.37. The van der Waals surface area contributed by atoms with Gasteiger partial charge >= 0.3 is 0 Å². The fraction of sp³-hybridized carbons (Fsp3) is 0.231. The van der Waals surface area contributed by atoms with Crippen molar-refractivity contribution in [3.05, 3.63) is 54.1 Å². The predicted octanol–water partition coefficient (Wildman–Crippen LogP) is 2.96. The molecule has 3 nitrogen and oxygen atoms in total. The van der Waals surface area contributed by atoms with Crippen molar-refractivity contribution >= 4 is 5.69 Å². The van der Waals surface area contributed by atoms with Crippen molar-refractivity contribution < 1.29 is 0 Å². The SMILES string of the molecule is Cc1cnccc1NC(C)c1ccccn1. The van der Waals surface area contributed by atoms with E-state index in [1.165, 1.54) is 0 Å². The van der Waals surface area contributed by atoms with Gasteiger partial charge in [-0.3, -0.25) is 9.97 Å². The van der Waals surface area contributed by atoms with Crippen LogP contribution in [0, 0.1) is 6.92 Å². The lowest BCUT2D eigenvalue weighted by atomic mass is 10.2. The van der Waals surface area contributed by atoms with Crippen molar-refractivity contribution in [2.75, 3.05) is 5.32 Å². The summed E-state index contributed by atoms with van der Waals surface area (Å²) >= 11 is 0. The first-order chi connectivity index (χ1) is 7.77. The molecule has 0 aliphatic heterocycles. The average Bonchev–Trinajstić information content (AvgIpc) is 2.33. The van der Waals surface area contributed by atoms with Gasteiger partial charge in [-0.05, 0) is 37.6 Å². The summed E-state index contributed by atoms with van der Waals surface area (Å²) in [6, 6.07) is 8.12. The summed E-state index contributed by atoms with van der Waals surface area (Å²) < 4.78 is 0. The molecule has 0 bridgehead atoms. The van der Waals surface area contributed by atoms with Crippen molar-refractivity contribution in [1.82, 2.24) is 9.97 Å². The van der Waals surface area contributed by atoms with Crippen molar-refractivity contribution in [3.8, 4) is 0 Å². The van der Waals surface area contributed by atoms with Gasteiger partial charge in [0.1, 0.15) is 0 Å². The maximum absolute atomic E-state index is 4.33. The third-order valence-electron chi connectivity index (χ3n) is 2.52. The molecule has 1 atom stereocenters. The highest BCUT2D eigenvalue weighted by molar-refractivity contribution is 5.49. The monoisotopic (exact) mass is 213 g/mol. The second kappa shape index (κ2) is 4.75. The number of pyridine rings is 2. The van der Waals surface area contributed by atoms with E-state index in [1.54, 1.807) is 6.20 Å². The van der Waals surface area contributed by atoms with Gasteiger partial charge in [-0.2, -0.15) is 0 Å². The number of anilines is 1. The Labute approximate surface area is 95.6 Å². The van der Waals surface area contributed by atoms with E-state index in [-0.39, 0.29) is 6.04 Å². The van der Waals surface area contributed by atoms with Crippen LogP contribution in [0.15, 0.2) is 42.9 Å². The van der Waals surface area contributed by atoms with Crippen LogP contribution in [0.5, 0.6) is 0 Å². The van der Waals surface area contributed by atoms with Crippen LogP contribution in [0.2, 0.25) is 0 Å². The largest absolute Gasteiger partial charge is 0.377 e. The number of rotatable bonds is 3. The number of nitrogens with one attached hydrogen (secondary N) is 1. The Morgan fingerprint density at radius 3 is 2.75 bits per heavy atom. The summed E-state index contributed by atoms with van der Waals surface area (Å²) in [5.74, 6) is 0. The number of hydrogen-bond donors (Lipinski definition) is 1. The molecule has 0 aromatic carbocycles. The molecule has 2 aromatic heterocycles. The Kier molecular flexibility index (Phi) is 3.15. The van der Waals surface area contributed by atoms with Crippen LogP contribution in [0.4, 0.5) is 5.69 Å². The van der Waals surface area contributed by atoms with E-state index in [4.69, 9.17) is 0 Å². The van der Waals surface area contributed by atoms with Crippen molar-refractivity contribution in [2.45, 2.75) is 19.9 Å². The van der Waals surface area contributed by atoms with Crippen LogP contribution in [-0.2, 0) is 0 Å². The first-order valence-electron chi connectivity index (χ1n) is 5.35. The summed E-state index contributed by atoms with van der Waals surface area (Å²) in [5, 5.41) is 3.42. The maximum atomic E-state index is 4.33. The molecule has 0 saturated heterocycles. The van der Waals surface area contributed by atoms with Crippen LogP contribution in [0.25, 0.3) is 0 Å². The lowest BCUT2D eigenvalue weighted by Crippen LogP contribution is -2.09. The van der Waals surface area contributed by atoms with Gasteiger partial charge < -0.3 is 5.32 Å². The first kappa shape index (κ1) is 10.6. The topological polar surface area (TPSA) is 37.8 Å². The lowest BCUT2D eigenvalue weighted by Gasteiger charge is -2.15. The molecule has 0 aliphatic rings. The van der Waals surface area contributed by atoms with Crippen molar-refractivity contribution in [1.29, 1.82) is 0 Å². The quantitative estimate of drug-likeness (QED) is 0.851. The van der Waals surface area contributed by atoms with E-state index in [1.807, 2.05) is 43.6 Å². The van der Waals surface area contributed by atoms with Crippen LogP contribution in [0.3, 0.4) is 0 Å². The van der Waals surface area contributed by atoms with Gasteiger partial charge in [0.15, 0.2) is 0 Å². The summed E-state index contributed by atoms with van der Waals surface area (Å²) in [4.78, 5) is 8.40. The minimum atomic E-state index is 0.197. The minimum absolute atomic E-state index is 0.197. The standard InChI is InChI=1S/C13H15N3/c1-10-9-14-8-6-12(10)16-11(2)13-5-3-4-7-15-13/h3-9,11H,1-2H3,(H,14,16). The number of nitrogens with zero attached hydrogens (tertiary/aromatic N) is 2. The molecular weight excluding hydrogens is 198 g/mol. The zero-order chi connectivity index (χ0) is 11.4. The normalized spacial score (nSPS) is 12.1. The van der Waals surface area contributed by atoms with Gasteiger partial charge in [-0.15, -0.1) is 0 Å². The Hall–Kier alpha value is -1.90. The van der Waals surface area contributed by atoms with E-state index >= 15 is 0 Å². The molecule has 0 spiro atoms. The third-order valence-corrected chi connectivity index (χ3v) is 2.52.